The second kappa shape index (κ2) is 5.53. The molecule has 5 heteroatoms. The third-order valence-corrected chi connectivity index (χ3v) is 3.77. The first kappa shape index (κ1) is 13.5. The van der Waals surface area contributed by atoms with Crippen LogP contribution in [0.4, 0.5) is 0 Å². The van der Waals surface area contributed by atoms with Crippen LogP contribution in [0.2, 0.25) is 0 Å². The van der Waals surface area contributed by atoms with E-state index in [2.05, 4.69) is 21.0 Å². The van der Waals surface area contributed by atoms with Gasteiger partial charge in [0.2, 0.25) is 5.88 Å². The highest BCUT2D eigenvalue weighted by atomic mass is 16.5. The van der Waals surface area contributed by atoms with E-state index in [1.54, 1.807) is 19.5 Å². The summed E-state index contributed by atoms with van der Waals surface area (Å²) in [6.07, 6.45) is 9.22. The molecule has 0 aromatic carbocycles. The van der Waals surface area contributed by atoms with Crippen LogP contribution in [0.15, 0.2) is 67.4 Å². The summed E-state index contributed by atoms with van der Waals surface area (Å²) < 4.78 is 7.19. The van der Waals surface area contributed by atoms with E-state index in [1.165, 1.54) is 0 Å². The van der Waals surface area contributed by atoms with Gasteiger partial charge in [-0.15, -0.1) is 0 Å². The van der Waals surface area contributed by atoms with E-state index < -0.39 is 0 Å². The van der Waals surface area contributed by atoms with Crippen molar-refractivity contribution in [2.24, 2.45) is 0 Å². The van der Waals surface area contributed by atoms with Crippen molar-refractivity contribution < 1.29 is 4.74 Å². The molecule has 23 heavy (non-hydrogen) atoms. The molecule has 0 saturated carbocycles. The van der Waals surface area contributed by atoms with Gasteiger partial charge in [-0.1, -0.05) is 0 Å². The first-order valence-electron chi connectivity index (χ1n) is 7.23. The smallest absolute Gasteiger partial charge is 0.213 e. The normalized spacial score (nSPS) is 10.8. The van der Waals surface area contributed by atoms with Crippen LogP contribution < -0.4 is 4.74 Å². The van der Waals surface area contributed by atoms with Crippen molar-refractivity contribution in [3.8, 4) is 22.8 Å². The topological polar surface area (TPSA) is 52.8 Å². The first-order valence-corrected chi connectivity index (χ1v) is 7.23. The lowest BCUT2D eigenvalue weighted by atomic mass is 10.1. The molecular weight excluding hydrogens is 288 g/mol. The lowest BCUT2D eigenvalue weighted by Crippen LogP contribution is -1.96. The molecule has 0 aliphatic rings. The van der Waals surface area contributed by atoms with E-state index >= 15 is 0 Å². The monoisotopic (exact) mass is 302 g/mol. The lowest BCUT2D eigenvalue weighted by molar-refractivity contribution is 0.398. The van der Waals surface area contributed by atoms with Gasteiger partial charge in [-0.05, 0) is 35.9 Å². The molecule has 0 N–H and O–H groups in total. The molecule has 0 radical (unpaired) electrons. The summed E-state index contributed by atoms with van der Waals surface area (Å²) in [6, 6.07) is 11.9. The van der Waals surface area contributed by atoms with E-state index in [0.717, 1.165) is 27.8 Å². The molecule has 4 heterocycles. The number of methoxy groups -OCH3 is 1. The van der Waals surface area contributed by atoms with Crippen molar-refractivity contribution in [1.82, 2.24) is 19.5 Å². The molecule has 4 rings (SSSR count). The van der Waals surface area contributed by atoms with Gasteiger partial charge in [0.15, 0.2) is 0 Å². The van der Waals surface area contributed by atoms with Crippen molar-refractivity contribution in [2.45, 2.75) is 0 Å². The molecule has 0 fully saturated rings. The molecule has 0 unspecified atom stereocenters. The fourth-order valence-corrected chi connectivity index (χ4v) is 2.57. The molecule has 0 amide bonds. The number of pyridine rings is 3. The van der Waals surface area contributed by atoms with Gasteiger partial charge in [-0.3, -0.25) is 9.55 Å². The van der Waals surface area contributed by atoms with E-state index in [1.807, 2.05) is 53.5 Å². The summed E-state index contributed by atoms with van der Waals surface area (Å²) in [5, 5.41) is 1.14. The van der Waals surface area contributed by atoms with Gasteiger partial charge in [-0.25, -0.2) is 9.97 Å². The number of rotatable bonds is 3. The number of fused-ring (bicyclic) bond motifs is 1. The number of nitrogens with zero attached hydrogens (tertiary/aromatic N) is 4. The van der Waals surface area contributed by atoms with Crippen molar-refractivity contribution in [3.63, 3.8) is 0 Å². The van der Waals surface area contributed by atoms with Crippen molar-refractivity contribution in [3.05, 3.63) is 67.4 Å². The molecule has 5 nitrogen and oxygen atoms in total. The Morgan fingerprint density at radius 1 is 0.913 bits per heavy atom. The van der Waals surface area contributed by atoms with Gasteiger partial charge in [0.1, 0.15) is 5.82 Å². The Bertz CT molecular complexity index is 960. The Labute approximate surface area is 133 Å². The number of hydrogen-bond donors (Lipinski definition) is 0. The van der Waals surface area contributed by atoms with Gasteiger partial charge in [-0.2, -0.15) is 0 Å². The number of hydrogen-bond acceptors (Lipinski definition) is 4. The molecule has 112 valence electrons. The van der Waals surface area contributed by atoms with Crippen molar-refractivity contribution in [1.29, 1.82) is 0 Å². The summed E-state index contributed by atoms with van der Waals surface area (Å²) in [4.78, 5) is 12.9. The zero-order valence-electron chi connectivity index (χ0n) is 12.5. The van der Waals surface area contributed by atoms with Gasteiger partial charge >= 0.3 is 0 Å². The van der Waals surface area contributed by atoms with Gasteiger partial charge in [0.25, 0.3) is 0 Å². The Morgan fingerprint density at radius 3 is 2.70 bits per heavy atom. The molecule has 0 bridgehead atoms. The summed E-state index contributed by atoms with van der Waals surface area (Å²) in [7, 11) is 1.61. The average Bonchev–Trinajstić information content (AvgIpc) is 3.06. The molecule has 0 aliphatic heterocycles. The molecule has 0 saturated heterocycles. The van der Waals surface area contributed by atoms with Crippen LogP contribution in [0.3, 0.4) is 0 Å². The van der Waals surface area contributed by atoms with Crippen LogP contribution in [0.5, 0.6) is 5.88 Å². The van der Waals surface area contributed by atoms with E-state index in [4.69, 9.17) is 4.74 Å². The second-order valence-corrected chi connectivity index (χ2v) is 5.11. The van der Waals surface area contributed by atoms with Crippen LogP contribution in [0.1, 0.15) is 0 Å². The average molecular weight is 302 g/mol. The minimum atomic E-state index is 0.592. The zero-order valence-corrected chi connectivity index (χ0v) is 12.5. The predicted octanol–water partition coefficient (Wildman–Crippen LogP) is 3.49. The largest absolute Gasteiger partial charge is 0.481 e. The summed E-state index contributed by atoms with van der Waals surface area (Å²) >= 11 is 0. The van der Waals surface area contributed by atoms with Crippen LogP contribution in [-0.2, 0) is 0 Å². The van der Waals surface area contributed by atoms with Crippen LogP contribution in [0, 0.1) is 0 Å². The number of ether oxygens (including phenoxy) is 1. The van der Waals surface area contributed by atoms with Crippen molar-refractivity contribution in [2.75, 3.05) is 7.11 Å². The molecule has 0 spiro atoms. The first-order chi connectivity index (χ1) is 11.3. The fraction of sp³-hybridized carbons (Fsp3) is 0.0556. The molecule has 0 aliphatic carbocycles. The maximum absolute atomic E-state index is 5.16. The van der Waals surface area contributed by atoms with Crippen molar-refractivity contribution >= 4 is 10.9 Å². The molecule has 0 atom stereocenters. The number of aromatic nitrogens is 4. The Morgan fingerprint density at radius 2 is 1.87 bits per heavy atom. The maximum Gasteiger partial charge on any atom is 0.213 e. The summed E-state index contributed by atoms with van der Waals surface area (Å²) in [6.45, 7) is 0. The maximum atomic E-state index is 5.16. The minimum absolute atomic E-state index is 0.592. The zero-order chi connectivity index (χ0) is 15.6. The quantitative estimate of drug-likeness (QED) is 0.581. The van der Waals surface area contributed by atoms with Gasteiger partial charge < -0.3 is 4.74 Å². The van der Waals surface area contributed by atoms with Gasteiger partial charge in [0.05, 0.1) is 18.8 Å². The second-order valence-electron chi connectivity index (χ2n) is 5.11. The van der Waals surface area contributed by atoms with Crippen LogP contribution >= 0.6 is 0 Å². The van der Waals surface area contributed by atoms with E-state index in [0.29, 0.717) is 5.88 Å². The van der Waals surface area contributed by atoms with E-state index in [9.17, 15) is 0 Å². The van der Waals surface area contributed by atoms with E-state index in [-0.39, 0.29) is 0 Å². The third-order valence-electron chi connectivity index (χ3n) is 3.77. The Balaban J connectivity index is 1.73. The molecule has 4 aromatic heterocycles. The highest BCUT2D eigenvalue weighted by Crippen LogP contribution is 2.23. The van der Waals surface area contributed by atoms with Gasteiger partial charge in [0, 0.05) is 41.8 Å². The van der Waals surface area contributed by atoms with Crippen LogP contribution in [0.25, 0.3) is 27.8 Å². The standard InChI is InChI=1S/C18H14N4O/c1-23-18-10-14(5-8-20-18)15-2-3-17(21-11-15)22-9-6-13-4-7-19-12-16(13)22/h2-12H,1H3. The third kappa shape index (κ3) is 2.42. The SMILES string of the molecule is COc1cc(-c2ccc(-n3ccc4ccncc43)nc2)ccn1. The molecular formula is C18H14N4O. The Hall–Kier alpha value is -3.21. The highest BCUT2D eigenvalue weighted by molar-refractivity contribution is 5.80. The summed E-state index contributed by atoms with van der Waals surface area (Å²) in [5.74, 6) is 1.45. The minimum Gasteiger partial charge on any atom is -0.481 e. The summed E-state index contributed by atoms with van der Waals surface area (Å²) in [5.41, 5.74) is 3.08. The lowest BCUT2D eigenvalue weighted by Gasteiger charge is -2.07. The fourth-order valence-electron chi connectivity index (χ4n) is 2.57. The highest BCUT2D eigenvalue weighted by Gasteiger charge is 2.06. The predicted molar refractivity (Wildman–Crippen MR) is 88.6 cm³/mol. The van der Waals surface area contributed by atoms with Crippen LogP contribution in [-0.4, -0.2) is 26.6 Å². The molecule has 4 aromatic rings. The Kier molecular flexibility index (Phi) is 3.24.